The van der Waals surface area contributed by atoms with Crippen LogP contribution in [0.3, 0.4) is 0 Å². The highest BCUT2D eigenvalue weighted by atomic mass is 32.2. The second-order valence-electron chi connectivity index (χ2n) is 5.58. The van der Waals surface area contributed by atoms with E-state index in [1.807, 2.05) is 13.8 Å². The lowest BCUT2D eigenvalue weighted by atomic mass is 10.2. The van der Waals surface area contributed by atoms with E-state index in [0.29, 0.717) is 5.78 Å². The normalized spacial score (nSPS) is 12.0. The lowest BCUT2D eigenvalue weighted by Crippen LogP contribution is -2.22. The number of sulfonamides is 1. The standard InChI is InChI=1S/C15H18N6O2S/c1-10-11(2)18-15-16-9-17-21(15)14(10)19-12-5-7-13(8-6-12)24(22,23)20(3)4/h5-9,19H,1-4H3. The van der Waals surface area contributed by atoms with Crippen LogP contribution in [0.15, 0.2) is 35.5 Å². The average molecular weight is 346 g/mol. The van der Waals surface area contributed by atoms with Crippen molar-refractivity contribution in [1.29, 1.82) is 0 Å². The van der Waals surface area contributed by atoms with E-state index < -0.39 is 10.0 Å². The van der Waals surface area contributed by atoms with Crippen molar-refractivity contribution in [2.45, 2.75) is 18.7 Å². The molecule has 0 unspecified atom stereocenters. The second-order valence-corrected chi connectivity index (χ2v) is 7.73. The quantitative estimate of drug-likeness (QED) is 0.773. The number of anilines is 2. The number of nitrogens with zero attached hydrogens (tertiary/aromatic N) is 5. The van der Waals surface area contributed by atoms with Crippen LogP contribution in [0.1, 0.15) is 11.3 Å². The Bertz CT molecular complexity index is 993. The summed E-state index contributed by atoms with van der Waals surface area (Å²) in [7, 11) is -0.427. The van der Waals surface area contributed by atoms with Crippen LogP contribution >= 0.6 is 0 Å². The monoisotopic (exact) mass is 346 g/mol. The van der Waals surface area contributed by atoms with Crippen LogP contribution in [-0.4, -0.2) is 46.4 Å². The Morgan fingerprint density at radius 2 is 1.79 bits per heavy atom. The first-order valence-electron chi connectivity index (χ1n) is 7.27. The lowest BCUT2D eigenvalue weighted by Gasteiger charge is -2.14. The van der Waals surface area contributed by atoms with E-state index in [2.05, 4.69) is 20.4 Å². The van der Waals surface area contributed by atoms with E-state index in [9.17, 15) is 8.42 Å². The van der Waals surface area contributed by atoms with Gasteiger partial charge < -0.3 is 5.32 Å². The first kappa shape index (κ1) is 16.3. The van der Waals surface area contributed by atoms with Gasteiger partial charge in [0.1, 0.15) is 12.1 Å². The summed E-state index contributed by atoms with van der Waals surface area (Å²) in [6, 6.07) is 6.57. The molecule has 126 valence electrons. The fraction of sp³-hybridized carbons (Fsp3) is 0.267. The zero-order valence-electron chi connectivity index (χ0n) is 13.8. The number of rotatable bonds is 4. The summed E-state index contributed by atoms with van der Waals surface area (Å²) in [6.07, 6.45) is 1.44. The molecule has 0 bridgehead atoms. The van der Waals surface area contributed by atoms with Gasteiger partial charge in [-0.25, -0.2) is 17.7 Å². The van der Waals surface area contributed by atoms with Crippen molar-refractivity contribution in [3.63, 3.8) is 0 Å². The predicted molar refractivity (Wildman–Crippen MR) is 90.9 cm³/mol. The topological polar surface area (TPSA) is 92.5 Å². The average Bonchev–Trinajstić information content (AvgIpc) is 3.00. The molecule has 0 atom stereocenters. The fourth-order valence-electron chi connectivity index (χ4n) is 2.24. The maximum atomic E-state index is 12.1. The van der Waals surface area contributed by atoms with Gasteiger partial charge in [0, 0.05) is 31.0 Å². The van der Waals surface area contributed by atoms with Crippen LogP contribution in [0, 0.1) is 13.8 Å². The minimum absolute atomic E-state index is 0.242. The molecule has 0 spiro atoms. The molecule has 2 heterocycles. The third kappa shape index (κ3) is 2.72. The van der Waals surface area contributed by atoms with Crippen LogP contribution in [0.2, 0.25) is 0 Å². The number of hydrogen-bond donors (Lipinski definition) is 1. The van der Waals surface area contributed by atoms with Gasteiger partial charge in [-0.3, -0.25) is 0 Å². The van der Waals surface area contributed by atoms with Gasteiger partial charge in [0.15, 0.2) is 0 Å². The summed E-state index contributed by atoms with van der Waals surface area (Å²) in [5.74, 6) is 1.26. The Balaban J connectivity index is 1.98. The van der Waals surface area contributed by atoms with E-state index in [0.717, 1.165) is 22.8 Å². The van der Waals surface area contributed by atoms with Gasteiger partial charge in [0.2, 0.25) is 10.0 Å². The molecule has 9 heteroatoms. The van der Waals surface area contributed by atoms with Gasteiger partial charge in [-0.15, -0.1) is 0 Å². The molecule has 0 aliphatic carbocycles. The first-order valence-corrected chi connectivity index (χ1v) is 8.71. The number of hydrogen-bond acceptors (Lipinski definition) is 6. The first-order chi connectivity index (χ1) is 11.3. The van der Waals surface area contributed by atoms with Crippen LogP contribution in [0.4, 0.5) is 11.5 Å². The van der Waals surface area contributed by atoms with E-state index in [4.69, 9.17) is 0 Å². The molecule has 0 aliphatic rings. The number of benzene rings is 1. The van der Waals surface area contributed by atoms with Gasteiger partial charge >= 0.3 is 0 Å². The molecule has 0 radical (unpaired) electrons. The summed E-state index contributed by atoms with van der Waals surface area (Å²) in [4.78, 5) is 8.71. The Morgan fingerprint density at radius 3 is 2.42 bits per heavy atom. The molecule has 0 saturated heterocycles. The Morgan fingerprint density at radius 1 is 1.12 bits per heavy atom. The minimum Gasteiger partial charge on any atom is -0.340 e. The van der Waals surface area contributed by atoms with Crippen LogP contribution in [-0.2, 0) is 10.0 Å². The molecule has 0 aliphatic heterocycles. The van der Waals surface area contributed by atoms with Crippen molar-refractivity contribution in [2.75, 3.05) is 19.4 Å². The Labute approximate surface area is 140 Å². The summed E-state index contributed by atoms with van der Waals surface area (Å²) >= 11 is 0. The van der Waals surface area contributed by atoms with Crippen molar-refractivity contribution in [3.8, 4) is 0 Å². The molecule has 8 nitrogen and oxygen atoms in total. The Kier molecular flexibility index (Phi) is 3.98. The number of aromatic nitrogens is 4. The molecule has 3 rings (SSSR count). The van der Waals surface area contributed by atoms with E-state index in [1.165, 1.54) is 24.7 Å². The van der Waals surface area contributed by atoms with Gasteiger partial charge in [-0.2, -0.15) is 14.6 Å². The molecular weight excluding hydrogens is 328 g/mol. The summed E-state index contributed by atoms with van der Waals surface area (Å²) in [5.41, 5.74) is 2.54. The molecule has 1 N–H and O–H groups in total. The van der Waals surface area contributed by atoms with Gasteiger partial charge in [-0.05, 0) is 38.1 Å². The van der Waals surface area contributed by atoms with Crippen molar-refractivity contribution in [2.24, 2.45) is 0 Å². The lowest BCUT2D eigenvalue weighted by molar-refractivity contribution is 0.521. The summed E-state index contributed by atoms with van der Waals surface area (Å²) in [6.45, 7) is 3.85. The van der Waals surface area contributed by atoms with E-state index >= 15 is 0 Å². The van der Waals surface area contributed by atoms with Crippen LogP contribution in [0.5, 0.6) is 0 Å². The summed E-state index contributed by atoms with van der Waals surface area (Å²) < 4.78 is 27.0. The molecule has 2 aromatic heterocycles. The van der Waals surface area contributed by atoms with E-state index in [1.54, 1.807) is 28.8 Å². The highest BCUT2D eigenvalue weighted by molar-refractivity contribution is 7.89. The molecule has 1 aromatic carbocycles. The zero-order valence-corrected chi connectivity index (χ0v) is 14.7. The molecule has 3 aromatic rings. The van der Waals surface area contributed by atoms with Gasteiger partial charge in [-0.1, -0.05) is 0 Å². The van der Waals surface area contributed by atoms with Crippen LogP contribution in [0.25, 0.3) is 5.78 Å². The third-order valence-electron chi connectivity index (χ3n) is 3.80. The minimum atomic E-state index is -3.44. The Hall–Kier alpha value is -2.52. The molecule has 0 fully saturated rings. The van der Waals surface area contributed by atoms with Gasteiger partial charge in [0.25, 0.3) is 5.78 Å². The number of nitrogens with one attached hydrogen (secondary N) is 1. The number of aryl methyl sites for hydroxylation is 1. The maximum absolute atomic E-state index is 12.1. The highest BCUT2D eigenvalue weighted by Gasteiger charge is 2.17. The maximum Gasteiger partial charge on any atom is 0.254 e. The predicted octanol–water partition coefficient (Wildman–Crippen LogP) is 1.74. The van der Waals surface area contributed by atoms with Crippen LogP contribution < -0.4 is 5.32 Å². The second kappa shape index (κ2) is 5.84. The number of fused-ring (bicyclic) bond motifs is 1. The third-order valence-corrected chi connectivity index (χ3v) is 5.63. The largest absolute Gasteiger partial charge is 0.340 e. The highest BCUT2D eigenvalue weighted by Crippen LogP contribution is 2.24. The molecule has 0 amide bonds. The zero-order chi connectivity index (χ0) is 17.5. The van der Waals surface area contributed by atoms with E-state index in [-0.39, 0.29) is 4.90 Å². The molecular formula is C15H18N6O2S. The van der Waals surface area contributed by atoms with Crippen molar-refractivity contribution >= 4 is 27.3 Å². The van der Waals surface area contributed by atoms with Gasteiger partial charge in [0.05, 0.1) is 4.90 Å². The SMILES string of the molecule is Cc1nc2ncnn2c(Nc2ccc(S(=O)(=O)N(C)C)cc2)c1C. The fourth-order valence-corrected chi connectivity index (χ4v) is 3.14. The molecule has 0 saturated carbocycles. The van der Waals surface area contributed by atoms with Crippen molar-refractivity contribution in [3.05, 3.63) is 41.9 Å². The van der Waals surface area contributed by atoms with Crippen molar-refractivity contribution < 1.29 is 8.42 Å². The van der Waals surface area contributed by atoms with Crippen molar-refractivity contribution in [1.82, 2.24) is 23.9 Å². The summed E-state index contributed by atoms with van der Waals surface area (Å²) in [5, 5.41) is 7.44. The molecule has 24 heavy (non-hydrogen) atoms. The smallest absolute Gasteiger partial charge is 0.254 e.